The van der Waals surface area contributed by atoms with Crippen molar-refractivity contribution in [2.45, 2.75) is 0 Å². The molecule has 8 heteroatoms. The van der Waals surface area contributed by atoms with Gasteiger partial charge < -0.3 is 14.2 Å². The second-order valence-electron chi connectivity index (χ2n) is 2.76. The van der Waals surface area contributed by atoms with Crippen LogP contribution in [0.1, 0.15) is 21.0 Å². The Morgan fingerprint density at radius 1 is 1.35 bits per heavy atom. The molecule has 0 amide bonds. The van der Waals surface area contributed by atoms with Crippen molar-refractivity contribution < 1.29 is 23.8 Å². The molecule has 0 bridgehead atoms. The minimum atomic E-state index is -0.702. The summed E-state index contributed by atoms with van der Waals surface area (Å²) in [7, 11) is 3.12. The Labute approximate surface area is 98.9 Å². The molecule has 1 N–H and O–H groups in total. The van der Waals surface area contributed by atoms with Gasteiger partial charge in [-0.15, -0.1) is 0 Å². The topological polar surface area (TPSA) is 90.5 Å². The summed E-state index contributed by atoms with van der Waals surface area (Å²) < 4.78 is 14.3. The lowest BCUT2D eigenvalue weighted by Gasteiger charge is -2.04. The lowest BCUT2D eigenvalue weighted by atomic mass is 10.3. The van der Waals surface area contributed by atoms with Crippen LogP contribution in [0.3, 0.4) is 0 Å². The van der Waals surface area contributed by atoms with Gasteiger partial charge in [0.05, 0.1) is 14.2 Å². The first-order chi connectivity index (χ1) is 8.15. The molecular formula is C9H11N2O5P. The van der Waals surface area contributed by atoms with Crippen LogP contribution < -0.4 is 4.74 Å². The number of carbonyl (C=O) groups excluding carboxylic acids is 2. The van der Waals surface area contributed by atoms with Crippen molar-refractivity contribution in [3.63, 3.8) is 0 Å². The maximum absolute atomic E-state index is 11.4. The Bertz CT molecular complexity index is 409. The first-order valence-electron chi connectivity index (χ1n) is 4.46. The highest BCUT2D eigenvalue weighted by Gasteiger charge is 2.26. The van der Waals surface area contributed by atoms with E-state index >= 15 is 0 Å². The smallest absolute Gasteiger partial charge is 0.362 e. The number of hydrogen-bond acceptors (Lipinski definition) is 6. The summed E-state index contributed by atoms with van der Waals surface area (Å²) in [6.45, 7) is 0. The molecule has 0 aliphatic heterocycles. The van der Waals surface area contributed by atoms with Crippen molar-refractivity contribution in [3.05, 3.63) is 11.4 Å². The average Bonchev–Trinajstić information content (AvgIpc) is 2.77. The second kappa shape index (κ2) is 6.00. The molecule has 0 saturated carbocycles. The number of nitrogens with one attached hydrogen (secondary N) is 1. The number of esters is 2. The van der Waals surface area contributed by atoms with Crippen LogP contribution in [0.25, 0.3) is 0 Å². The summed E-state index contributed by atoms with van der Waals surface area (Å²) in [6, 6.07) is 0. The lowest BCUT2D eigenvalue weighted by molar-refractivity contribution is 0.0588. The fourth-order valence-corrected chi connectivity index (χ4v) is 1.28. The number of H-pyrrole nitrogens is 1. The van der Waals surface area contributed by atoms with Gasteiger partial charge >= 0.3 is 11.9 Å². The van der Waals surface area contributed by atoms with Crippen molar-refractivity contribution in [1.82, 2.24) is 10.2 Å². The van der Waals surface area contributed by atoms with Crippen LogP contribution in [0, 0.1) is 0 Å². The molecule has 92 valence electrons. The number of carbonyl (C=O) groups is 2. The van der Waals surface area contributed by atoms with Crippen LogP contribution in [0.5, 0.6) is 5.75 Å². The van der Waals surface area contributed by atoms with Crippen LogP contribution in [0.15, 0.2) is 0 Å². The highest BCUT2D eigenvalue weighted by Crippen LogP contribution is 2.23. The monoisotopic (exact) mass is 258 g/mol. The molecular weight excluding hydrogens is 247 g/mol. The summed E-state index contributed by atoms with van der Waals surface area (Å²) in [5.41, 5.74) is -0.131. The molecule has 0 radical (unpaired) electrons. The third kappa shape index (κ3) is 2.82. The first kappa shape index (κ1) is 13.2. The maximum Gasteiger partial charge on any atom is 0.362 e. The minimum Gasteiger partial charge on any atom is -0.480 e. The minimum absolute atomic E-state index is 0.0138. The van der Waals surface area contributed by atoms with Gasteiger partial charge in [0, 0.05) is 0 Å². The molecule has 0 spiro atoms. The van der Waals surface area contributed by atoms with Gasteiger partial charge in [0.15, 0.2) is 11.4 Å². The van der Waals surface area contributed by atoms with Crippen LogP contribution in [0.2, 0.25) is 0 Å². The summed E-state index contributed by atoms with van der Waals surface area (Å²) in [4.78, 5) is 22.7. The van der Waals surface area contributed by atoms with E-state index in [2.05, 4.69) is 26.0 Å². The van der Waals surface area contributed by atoms with Crippen molar-refractivity contribution in [3.8, 4) is 5.75 Å². The molecule has 0 atom stereocenters. The summed E-state index contributed by atoms with van der Waals surface area (Å²) in [6.07, 6.45) is 3.77. The molecule has 1 aromatic rings. The molecule has 0 aliphatic carbocycles. The quantitative estimate of drug-likeness (QED) is 0.617. The Balaban J connectivity index is 3.14. The van der Waals surface area contributed by atoms with Gasteiger partial charge in [0.25, 0.3) is 0 Å². The average molecular weight is 258 g/mol. The van der Waals surface area contributed by atoms with Gasteiger partial charge in [-0.25, -0.2) is 9.59 Å². The van der Waals surface area contributed by atoms with E-state index in [-0.39, 0.29) is 23.5 Å². The van der Waals surface area contributed by atoms with E-state index in [1.165, 1.54) is 14.2 Å². The Hall–Kier alpha value is -1.88. The van der Waals surface area contributed by atoms with Crippen molar-refractivity contribution >= 4 is 26.4 Å². The third-order valence-electron chi connectivity index (χ3n) is 1.79. The van der Waals surface area contributed by atoms with Gasteiger partial charge in [0.2, 0.25) is 5.69 Å². The highest BCUT2D eigenvalue weighted by molar-refractivity contribution is 7.36. The Morgan fingerprint density at radius 3 is 2.53 bits per heavy atom. The van der Waals surface area contributed by atoms with E-state index < -0.39 is 11.9 Å². The zero-order chi connectivity index (χ0) is 12.8. The number of methoxy groups -OCH3 is 2. The van der Waals surface area contributed by atoms with E-state index in [1.807, 2.05) is 0 Å². The predicted octanol–water partition coefficient (Wildman–Crippen LogP) is 0.697. The fraction of sp³-hybridized carbons (Fsp3) is 0.333. The van der Waals surface area contributed by atoms with Crippen molar-refractivity contribution in [2.24, 2.45) is 0 Å². The predicted molar refractivity (Wildman–Crippen MR) is 60.8 cm³/mol. The lowest BCUT2D eigenvalue weighted by Crippen LogP contribution is -2.07. The highest BCUT2D eigenvalue weighted by atomic mass is 31.1. The zero-order valence-corrected chi connectivity index (χ0v) is 10.2. The van der Waals surface area contributed by atoms with Gasteiger partial charge in [0.1, 0.15) is 6.35 Å². The molecule has 1 heterocycles. The van der Waals surface area contributed by atoms with E-state index in [0.717, 1.165) is 0 Å². The normalized spacial score (nSPS) is 10.0. The van der Waals surface area contributed by atoms with Gasteiger partial charge in [-0.1, -0.05) is 14.5 Å². The summed E-state index contributed by atoms with van der Waals surface area (Å²) >= 11 is 0. The van der Waals surface area contributed by atoms with Crippen molar-refractivity contribution in [1.29, 1.82) is 0 Å². The largest absolute Gasteiger partial charge is 0.480 e. The van der Waals surface area contributed by atoms with Crippen LogP contribution >= 0.6 is 8.20 Å². The molecule has 1 rings (SSSR count). The third-order valence-corrected chi connectivity index (χ3v) is 2.10. The molecule has 0 saturated heterocycles. The fourth-order valence-electron chi connectivity index (χ4n) is 1.06. The number of ether oxygens (including phenoxy) is 3. The number of nitrogens with zero attached hydrogens (tertiary/aromatic N) is 1. The number of aromatic nitrogens is 2. The molecule has 17 heavy (non-hydrogen) atoms. The van der Waals surface area contributed by atoms with Gasteiger partial charge in [-0.2, -0.15) is 5.10 Å². The van der Waals surface area contributed by atoms with Crippen LogP contribution in [-0.4, -0.2) is 49.0 Å². The SMILES string of the molecule is C=PCOc1c(C(=O)OC)n[nH]c1C(=O)OC. The first-order valence-corrected chi connectivity index (χ1v) is 5.72. The number of hydrogen-bond donors (Lipinski definition) is 1. The Kier molecular flexibility index (Phi) is 4.66. The molecule has 0 fully saturated rings. The van der Waals surface area contributed by atoms with Gasteiger partial charge in [-0.05, 0) is 0 Å². The summed E-state index contributed by atoms with van der Waals surface area (Å²) in [5.74, 6) is -1.37. The molecule has 7 nitrogen and oxygen atoms in total. The maximum atomic E-state index is 11.4. The standard InChI is InChI=1S/C9H11N2O5P/c1-14-8(12)5-7(16-4-17-3)6(11-10-5)9(13)15-2/h3-4H2,1-2H3,(H,10,11). The van der Waals surface area contributed by atoms with Crippen molar-refractivity contribution in [2.75, 3.05) is 20.6 Å². The number of aromatic amines is 1. The van der Waals surface area contributed by atoms with E-state index in [4.69, 9.17) is 4.74 Å². The Morgan fingerprint density at radius 2 is 2.00 bits per heavy atom. The second-order valence-corrected chi connectivity index (χ2v) is 3.46. The molecule has 1 aromatic heterocycles. The van der Waals surface area contributed by atoms with E-state index in [9.17, 15) is 9.59 Å². The van der Waals surface area contributed by atoms with Gasteiger partial charge in [-0.3, -0.25) is 5.10 Å². The number of rotatable bonds is 5. The van der Waals surface area contributed by atoms with E-state index in [0.29, 0.717) is 8.20 Å². The molecule has 0 aromatic carbocycles. The molecule has 0 aliphatic rings. The summed E-state index contributed by atoms with van der Waals surface area (Å²) in [5, 5.41) is 6.04. The molecule has 0 unspecified atom stereocenters. The zero-order valence-electron chi connectivity index (χ0n) is 9.35. The van der Waals surface area contributed by atoms with Crippen LogP contribution in [0.4, 0.5) is 0 Å². The van der Waals surface area contributed by atoms with E-state index in [1.54, 1.807) is 0 Å². The van der Waals surface area contributed by atoms with Crippen LogP contribution in [-0.2, 0) is 9.47 Å².